The fourth-order valence-electron chi connectivity index (χ4n) is 3.63. The standard InChI is InChI=1S/C19H20N4O/c24-18-19(23(15-21-18)17-7-4-10-20-13-17)8-11-22(12-9-19)14-16-5-2-1-3-6-16/h1-7,10,13,15H,8-9,11-12,14H2. The first-order valence-electron chi connectivity index (χ1n) is 8.32. The Labute approximate surface area is 141 Å². The van der Waals surface area contributed by atoms with E-state index in [9.17, 15) is 4.79 Å². The van der Waals surface area contributed by atoms with E-state index in [2.05, 4.69) is 39.1 Å². The van der Waals surface area contributed by atoms with E-state index in [0.717, 1.165) is 38.2 Å². The van der Waals surface area contributed by atoms with Crippen molar-refractivity contribution in [1.29, 1.82) is 0 Å². The van der Waals surface area contributed by atoms with Gasteiger partial charge in [-0.2, -0.15) is 0 Å². The summed E-state index contributed by atoms with van der Waals surface area (Å²) in [6, 6.07) is 14.3. The number of hydrogen-bond donors (Lipinski definition) is 0. The molecule has 1 fully saturated rings. The molecule has 0 bridgehead atoms. The van der Waals surface area contributed by atoms with Crippen molar-refractivity contribution in [3.8, 4) is 0 Å². The molecule has 2 aliphatic rings. The summed E-state index contributed by atoms with van der Waals surface area (Å²) in [5.74, 6) is -0.0225. The van der Waals surface area contributed by atoms with Gasteiger partial charge >= 0.3 is 0 Å². The fourth-order valence-corrected chi connectivity index (χ4v) is 3.63. The van der Waals surface area contributed by atoms with Crippen molar-refractivity contribution in [3.05, 3.63) is 60.4 Å². The molecule has 0 atom stereocenters. The van der Waals surface area contributed by atoms with Gasteiger partial charge in [0.1, 0.15) is 5.54 Å². The van der Waals surface area contributed by atoms with Gasteiger partial charge in [-0.1, -0.05) is 30.3 Å². The highest BCUT2D eigenvalue weighted by molar-refractivity contribution is 6.08. The number of rotatable bonds is 3. The summed E-state index contributed by atoms with van der Waals surface area (Å²) in [6.07, 6.45) is 6.78. The van der Waals surface area contributed by atoms with Gasteiger partial charge in [0.2, 0.25) is 0 Å². The van der Waals surface area contributed by atoms with E-state index in [1.807, 2.05) is 23.1 Å². The minimum Gasteiger partial charge on any atom is -0.315 e. The third kappa shape index (κ3) is 2.61. The third-order valence-electron chi connectivity index (χ3n) is 5.01. The summed E-state index contributed by atoms with van der Waals surface area (Å²) in [4.78, 5) is 25.2. The van der Waals surface area contributed by atoms with Crippen LogP contribution in [-0.4, -0.2) is 40.8 Å². The van der Waals surface area contributed by atoms with Crippen LogP contribution in [-0.2, 0) is 11.3 Å². The summed E-state index contributed by atoms with van der Waals surface area (Å²) in [7, 11) is 0. The van der Waals surface area contributed by atoms with E-state index in [0.29, 0.717) is 0 Å². The highest BCUT2D eigenvalue weighted by Gasteiger charge is 2.49. The summed E-state index contributed by atoms with van der Waals surface area (Å²) in [5.41, 5.74) is 1.71. The Kier molecular flexibility index (Phi) is 3.86. The number of amides is 1. The van der Waals surface area contributed by atoms with Crippen LogP contribution in [0.2, 0.25) is 0 Å². The number of pyridine rings is 1. The molecule has 2 aliphatic heterocycles. The average molecular weight is 320 g/mol. The molecular formula is C19H20N4O. The molecule has 0 aliphatic carbocycles. The predicted molar refractivity (Wildman–Crippen MR) is 93.9 cm³/mol. The molecule has 4 rings (SSSR count). The van der Waals surface area contributed by atoms with Crippen LogP contribution >= 0.6 is 0 Å². The highest BCUT2D eigenvalue weighted by atomic mass is 16.2. The molecule has 2 aromatic rings. The van der Waals surface area contributed by atoms with E-state index in [4.69, 9.17) is 0 Å². The summed E-state index contributed by atoms with van der Waals surface area (Å²) >= 11 is 0. The normalized spacial score (nSPS) is 20.0. The number of piperidine rings is 1. The van der Waals surface area contributed by atoms with Gasteiger partial charge < -0.3 is 4.90 Å². The van der Waals surface area contributed by atoms with Gasteiger partial charge in [-0.15, -0.1) is 0 Å². The van der Waals surface area contributed by atoms with E-state index in [-0.39, 0.29) is 5.91 Å². The van der Waals surface area contributed by atoms with Gasteiger partial charge in [-0.25, -0.2) is 4.99 Å². The number of aliphatic imine (C=N–C) groups is 1. The molecule has 0 radical (unpaired) electrons. The minimum absolute atomic E-state index is 0.0225. The van der Waals surface area contributed by atoms with Crippen molar-refractivity contribution in [2.24, 2.45) is 4.99 Å². The quantitative estimate of drug-likeness (QED) is 0.872. The Hall–Kier alpha value is -2.53. The van der Waals surface area contributed by atoms with Gasteiger partial charge in [0, 0.05) is 25.8 Å². The number of likely N-dealkylation sites (tertiary alicyclic amines) is 1. The molecule has 0 saturated carbocycles. The van der Waals surface area contributed by atoms with Gasteiger partial charge in [0.25, 0.3) is 5.91 Å². The van der Waals surface area contributed by atoms with Gasteiger partial charge in [-0.05, 0) is 30.5 Å². The Morgan fingerprint density at radius 2 is 1.83 bits per heavy atom. The number of carbonyl (C=O) groups is 1. The monoisotopic (exact) mass is 320 g/mol. The summed E-state index contributed by atoms with van der Waals surface area (Å²) in [5, 5.41) is 0. The summed E-state index contributed by atoms with van der Waals surface area (Å²) < 4.78 is 0. The maximum absolute atomic E-state index is 12.5. The first-order valence-corrected chi connectivity index (χ1v) is 8.32. The molecule has 0 unspecified atom stereocenters. The summed E-state index contributed by atoms with van der Waals surface area (Å²) in [6.45, 7) is 2.71. The average Bonchev–Trinajstić information content (AvgIpc) is 2.95. The number of nitrogens with zero attached hydrogens (tertiary/aromatic N) is 4. The number of anilines is 1. The second-order valence-electron chi connectivity index (χ2n) is 6.42. The SMILES string of the molecule is O=C1N=CN(c2cccnc2)C12CCN(Cc1ccccc1)CC2. The molecule has 24 heavy (non-hydrogen) atoms. The van der Waals surface area contributed by atoms with Crippen LogP contribution in [0.25, 0.3) is 0 Å². The zero-order valence-corrected chi connectivity index (χ0v) is 13.5. The molecule has 0 N–H and O–H groups in total. The third-order valence-corrected chi connectivity index (χ3v) is 5.01. The zero-order valence-electron chi connectivity index (χ0n) is 13.5. The van der Waals surface area contributed by atoms with Crippen molar-refractivity contribution >= 4 is 17.9 Å². The lowest BCUT2D eigenvalue weighted by Crippen LogP contribution is -2.56. The van der Waals surface area contributed by atoms with Crippen LogP contribution in [0.5, 0.6) is 0 Å². The maximum Gasteiger partial charge on any atom is 0.273 e. The molecule has 1 aromatic heterocycles. The number of carbonyl (C=O) groups excluding carboxylic acids is 1. The van der Waals surface area contributed by atoms with Gasteiger partial charge in [-0.3, -0.25) is 14.7 Å². The molecule has 1 aromatic carbocycles. The van der Waals surface area contributed by atoms with Crippen molar-refractivity contribution < 1.29 is 4.79 Å². The molecule has 1 spiro atoms. The zero-order chi connectivity index (χ0) is 16.4. The first-order chi connectivity index (χ1) is 11.8. The Morgan fingerprint density at radius 1 is 1.04 bits per heavy atom. The van der Waals surface area contributed by atoms with Crippen molar-refractivity contribution in [2.45, 2.75) is 24.9 Å². The Balaban J connectivity index is 1.49. The molecule has 1 amide bonds. The lowest BCUT2D eigenvalue weighted by Gasteiger charge is -2.42. The van der Waals surface area contributed by atoms with Gasteiger partial charge in [0.15, 0.2) is 0 Å². The lowest BCUT2D eigenvalue weighted by molar-refractivity contribution is -0.123. The van der Waals surface area contributed by atoms with Crippen molar-refractivity contribution in [2.75, 3.05) is 18.0 Å². The van der Waals surface area contributed by atoms with Crippen LogP contribution in [0.3, 0.4) is 0 Å². The topological polar surface area (TPSA) is 48.8 Å². The first kappa shape index (κ1) is 15.0. The van der Waals surface area contributed by atoms with E-state index < -0.39 is 5.54 Å². The smallest absolute Gasteiger partial charge is 0.273 e. The van der Waals surface area contributed by atoms with Gasteiger partial charge in [0.05, 0.1) is 18.2 Å². The maximum atomic E-state index is 12.5. The van der Waals surface area contributed by atoms with Crippen LogP contribution in [0, 0.1) is 0 Å². The Morgan fingerprint density at radius 3 is 2.54 bits per heavy atom. The van der Waals surface area contributed by atoms with E-state index in [1.165, 1.54) is 5.56 Å². The largest absolute Gasteiger partial charge is 0.315 e. The van der Waals surface area contributed by atoms with Crippen LogP contribution in [0.15, 0.2) is 59.9 Å². The molecule has 1 saturated heterocycles. The molecule has 3 heterocycles. The lowest BCUT2D eigenvalue weighted by atomic mass is 9.85. The molecular weight excluding hydrogens is 300 g/mol. The number of benzene rings is 1. The number of aromatic nitrogens is 1. The second-order valence-corrected chi connectivity index (χ2v) is 6.42. The second kappa shape index (κ2) is 6.17. The molecule has 5 nitrogen and oxygen atoms in total. The van der Waals surface area contributed by atoms with Crippen molar-refractivity contribution in [1.82, 2.24) is 9.88 Å². The van der Waals surface area contributed by atoms with Crippen molar-refractivity contribution in [3.63, 3.8) is 0 Å². The number of hydrogen-bond acceptors (Lipinski definition) is 4. The Bertz CT molecular complexity index is 736. The minimum atomic E-state index is -0.532. The molecule has 122 valence electrons. The fraction of sp³-hybridized carbons (Fsp3) is 0.316. The highest BCUT2D eigenvalue weighted by Crippen LogP contribution is 2.36. The van der Waals surface area contributed by atoms with Crippen LogP contribution < -0.4 is 4.90 Å². The predicted octanol–water partition coefficient (Wildman–Crippen LogP) is 2.49. The van der Waals surface area contributed by atoms with Crippen LogP contribution in [0.1, 0.15) is 18.4 Å². The molecule has 5 heteroatoms. The van der Waals surface area contributed by atoms with E-state index in [1.54, 1.807) is 18.7 Å². The van der Waals surface area contributed by atoms with Crippen LogP contribution in [0.4, 0.5) is 5.69 Å². The van der Waals surface area contributed by atoms with E-state index >= 15 is 0 Å².